The predicted octanol–water partition coefficient (Wildman–Crippen LogP) is 4.71. The van der Waals surface area contributed by atoms with Crippen LogP contribution >= 0.6 is 11.3 Å². The topological polar surface area (TPSA) is 40.9 Å². The first-order chi connectivity index (χ1) is 11.3. The van der Waals surface area contributed by atoms with Gasteiger partial charge in [-0.3, -0.25) is 0 Å². The van der Waals surface area contributed by atoms with Crippen molar-refractivity contribution in [2.45, 2.75) is 20.8 Å². The van der Waals surface area contributed by atoms with E-state index < -0.39 is 0 Å². The molecule has 2 rings (SSSR count). The lowest BCUT2D eigenvalue weighted by molar-refractivity contribution is -0.868. The highest BCUT2D eigenvalue weighted by molar-refractivity contribution is 7.13. The van der Waals surface area contributed by atoms with Crippen molar-refractivity contribution in [1.29, 1.82) is 0 Å². The van der Waals surface area contributed by atoms with E-state index in [0.717, 1.165) is 41.1 Å². The molecule has 0 spiro atoms. The number of thiazole rings is 1. The van der Waals surface area contributed by atoms with Crippen LogP contribution in [0.15, 0.2) is 33.8 Å². The fourth-order valence-corrected chi connectivity index (χ4v) is 2.94. The molecule has 0 bridgehead atoms. The highest BCUT2D eigenvalue weighted by Gasteiger charge is 2.12. The third-order valence-corrected chi connectivity index (χ3v) is 4.66. The second kappa shape index (κ2) is 7.85. The molecule has 6 heteroatoms. The maximum Gasteiger partial charge on any atom is 0.230 e. The summed E-state index contributed by atoms with van der Waals surface area (Å²) < 4.78 is 0.967. The minimum atomic E-state index is 0.703. The van der Waals surface area contributed by atoms with Crippen molar-refractivity contribution in [3.63, 3.8) is 0 Å². The summed E-state index contributed by atoms with van der Waals surface area (Å²) in [4.78, 5) is 6.71. The molecule has 5 nitrogen and oxygen atoms in total. The van der Waals surface area contributed by atoms with E-state index in [1.54, 1.807) is 0 Å². The molecule has 0 unspecified atom stereocenters. The number of quaternary nitrogens is 1. The summed E-state index contributed by atoms with van der Waals surface area (Å²) in [7, 11) is 6.68. The van der Waals surface area contributed by atoms with Gasteiger partial charge in [0.2, 0.25) is 5.13 Å². The fourth-order valence-electron chi connectivity index (χ4n) is 2.32. The average Bonchev–Trinajstić information content (AvgIpc) is 2.91. The third-order valence-electron chi connectivity index (χ3n) is 3.82. The van der Waals surface area contributed by atoms with Gasteiger partial charge < -0.3 is 9.38 Å². The Bertz CT molecular complexity index is 700. The smallest absolute Gasteiger partial charge is 0.230 e. The van der Waals surface area contributed by atoms with Crippen LogP contribution in [0.5, 0.6) is 0 Å². The Kier molecular flexibility index (Phi) is 6.07. The second-order valence-electron chi connectivity index (χ2n) is 7.04. The fraction of sp³-hybridized carbons (Fsp3) is 0.500. The van der Waals surface area contributed by atoms with Crippen LogP contribution in [0.1, 0.15) is 18.2 Å². The summed E-state index contributed by atoms with van der Waals surface area (Å²) in [6.45, 7) is 9.39. The van der Waals surface area contributed by atoms with Crippen molar-refractivity contribution in [1.82, 2.24) is 4.98 Å². The highest BCUT2D eigenvalue weighted by atomic mass is 32.1. The van der Waals surface area contributed by atoms with Gasteiger partial charge in [0.25, 0.3) is 0 Å². The van der Waals surface area contributed by atoms with Crippen molar-refractivity contribution in [2.24, 2.45) is 10.2 Å². The van der Waals surface area contributed by atoms with Gasteiger partial charge in [0, 0.05) is 17.6 Å². The first kappa shape index (κ1) is 18.5. The van der Waals surface area contributed by atoms with E-state index >= 15 is 0 Å². The van der Waals surface area contributed by atoms with Gasteiger partial charge in [0.05, 0.1) is 45.6 Å². The summed E-state index contributed by atoms with van der Waals surface area (Å²) >= 11 is 1.51. The zero-order valence-corrected chi connectivity index (χ0v) is 16.4. The van der Waals surface area contributed by atoms with Gasteiger partial charge in [-0.2, -0.15) is 0 Å². The maximum absolute atomic E-state index is 4.35. The first-order valence-corrected chi connectivity index (χ1v) is 9.16. The molecule has 0 saturated carbocycles. The van der Waals surface area contributed by atoms with Crippen molar-refractivity contribution >= 4 is 27.8 Å². The Morgan fingerprint density at radius 3 is 2.46 bits per heavy atom. The number of azo groups is 1. The van der Waals surface area contributed by atoms with E-state index in [-0.39, 0.29) is 0 Å². The summed E-state index contributed by atoms with van der Waals surface area (Å²) in [6, 6.07) is 6.37. The van der Waals surface area contributed by atoms with E-state index in [2.05, 4.69) is 67.2 Å². The van der Waals surface area contributed by atoms with Gasteiger partial charge in [-0.05, 0) is 44.5 Å². The number of anilines is 1. The van der Waals surface area contributed by atoms with Gasteiger partial charge in [0.15, 0.2) is 0 Å². The molecule has 0 saturated heterocycles. The van der Waals surface area contributed by atoms with Gasteiger partial charge in [-0.15, -0.1) is 21.6 Å². The van der Waals surface area contributed by atoms with E-state index in [0.29, 0.717) is 5.13 Å². The molecule has 0 fully saturated rings. The average molecular weight is 347 g/mol. The molecule has 1 aromatic carbocycles. The standard InChI is InChI=1S/C18H28N5S/c1-7-22(10-11-23(4,5)6)16-8-9-17(14(2)12-16)20-21-18-19-15(3)13-24-18/h8-9,12-13H,7,10-11H2,1-6H3/q+1. The molecule has 0 radical (unpaired) electrons. The number of benzene rings is 1. The number of aryl methyl sites for hydroxylation is 2. The predicted molar refractivity (Wildman–Crippen MR) is 103 cm³/mol. The zero-order valence-electron chi connectivity index (χ0n) is 15.6. The summed E-state index contributed by atoms with van der Waals surface area (Å²) in [5.41, 5.74) is 4.26. The number of nitrogens with zero attached hydrogens (tertiary/aromatic N) is 5. The molecular weight excluding hydrogens is 318 g/mol. The van der Waals surface area contributed by atoms with Gasteiger partial charge >= 0.3 is 0 Å². The molecule has 0 amide bonds. The Labute approximate surface area is 149 Å². The SMILES string of the molecule is CCN(CC[N+](C)(C)C)c1ccc(N=Nc2nc(C)cs2)c(C)c1. The molecule has 0 aliphatic rings. The van der Waals surface area contributed by atoms with Crippen molar-refractivity contribution < 1.29 is 4.48 Å². The van der Waals surface area contributed by atoms with Crippen LogP contribution in [-0.4, -0.2) is 50.2 Å². The Balaban J connectivity index is 2.11. The number of hydrogen-bond donors (Lipinski definition) is 0. The van der Waals surface area contributed by atoms with Crippen LogP contribution in [0.4, 0.5) is 16.5 Å². The molecule has 0 aliphatic carbocycles. The normalized spacial score (nSPS) is 12.1. The quantitative estimate of drug-likeness (QED) is 0.538. The van der Waals surface area contributed by atoms with Gasteiger partial charge in [0.1, 0.15) is 0 Å². The lowest BCUT2D eigenvalue weighted by atomic mass is 10.1. The van der Waals surface area contributed by atoms with E-state index in [1.165, 1.54) is 17.0 Å². The highest BCUT2D eigenvalue weighted by Crippen LogP contribution is 2.27. The molecule has 2 aromatic rings. The van der Waals surface area contributed by atoms with Crippen molar-refractivity contribution in [3.8, 4) is 0 Å². The monoisotopic (exact) mass is 346 g/mol. The minimum absolute atomic E-state index is 0.703. The molecule has 0 aliphatic heterocycles. The lowest BCUT2D eigenvalue weighted by Crippen LogP contribution is -2.42. The number of hydrogen-bond acceptors (Lipinski definition) is 5. The molecule has 24 heavy (non-hydrogen) atoms. The van der Waals surface area contributed by atoms with E-state index in [1.807, 2.05) is 18.4 Å². The number of likely N-dealkylation sites (N-methyl/N-ethyl adjacent to an activating group) is 2. The van der Waals surface area contributed by atoms with Crippen LogP contribution < -0.4 is 4.90 Å². The molecule has 1 heterocycles. The van der Waals surface area contributed by atoms with Gasteiger partial charge in [-0.1, -0.05) is 0 Å². The van der Waals surface area contributed by atoms with Crippen molar-refractivity contribution in [3.05, 3.63) is 34.8 Å². The Hall–Kier alpha value is -1.79. The van der Waals surface area contributed by atoms with Crippen LogP contribution in [0, 0.1) is 13.8 Å². The zero-order chi connectivity index (χ0) is 17.7. The van der Waals surface area contributed by atoms with E-state index in [9.17, 15) is 0 Å². The largest absolute Gasteiger partial charge is 0.366 e. The summed E-state index contributed by atoms with van der Waals surface area (Å²) in [6.07, 6.45) is 0. The summed E-state index contributed by atoms with van der Waals surface area (Å²) in [5, 5.41) is 11.3. The molecule has 130 valence electrons. The Morgan fingerprint density at radius 1 is 1.17 bits per heavy atom. The number of rotatable bonds is 7. The van der Waals surface area contributed by atoms with Crippen molar-refractivity contribution in [2.75, 3.05) is 45.7 Å². The van der Waals surface area contributed by atoms with Gasteiger partial charge in [-0.25, -0.2) is 4.98 Å². The Morgan fingerprint density at radius 2 is 1.92 bits per heavy atom. The van der Waals surface area contributed by atoms with Crippen LogP contribution in [0.25, 0.3) is 0 Å². The first-order valence-electron chi connectivity index (χ1n) is 8.28. The van der Waals surface area contributed by atoms with E-state index in [4.69, 9.17) is 0 Å². The minimum Gasteiger partial charge on any atom is -0.366 e. The second-order valence-corrected chi connectivity index (χ2v) is 7.87. The molecule has 0 atom stereocenters. The third kappa shape index (κ3) is 5.39. The molecular formula is C18H28N5S+. The molecule has 1 aromatic heterocycles. The maximum atomic E-state index is 4.35. The van der Waals surface area contributed by atoms with Crippen LogP contribution in [0.3, 0.4) is 0 Å². The van der Waals surface area contributed by atoms with Crippen LogP contribution in [0.2, 0.25) is 0 Å². The van der Waals surface area contributed by atoms with Crippen LogP contribution in [-0.2, 0) is 0 Å². The number of aromatic nitrogens is 1. The lowest BCUT2D eigenvalue weighted by Gasteiger charge is -2.29. The molecule has 0 N–H and O–H groups in total. The summed E-state index contributed by atoms with van der Waals surface area (Å²) in [5.74, 6) is 0.